The van der Waals surface area contributed by atoms with E-state index in [4.69, 9.17) is 0 Å². The summed E-state index contributed by atoms with van der Waals surface area (Å²) in [7, 11) is 0. The highest BCUT2D eigenvalue weighted by atomic mass is 32.2. The van der Waals surface area contributed by atoms with Gasteiger partial charge in [0, 0.05) is 11.6 Å². The molecule has 0 saturated heterocycles. The molecule has 2 aromatic carbocycles. The Hall–Kier alpha value is -2.34. The maximum atomic E-state index is 14.2. The van der Waals surface area contributed by atoms with Crippen molar-refractivity contribution in [2.45, 2.75) is 49.8 Å². The van der Waals surface area contributed by atoms with Crippen molar-refractivity contribution in [3.05, 3.63) is 59.9 Å². The normalized spacial score (nSPS) is 15.0. The molecule has 4 nitrogen and oxygen atoms in total. The van der Waals surface area contributed by atoms with Gasteiger partial charge in [-0.2, -0.15) is 0 Å². The van der Waals surface area contributed by atoms with Gasteiger partial charge < -0.3 is 9.88 Å². The summed E-state index contributed by atoms with van der Waals surface area (Å²) in [6, 6.07) is 14.9. The molecule has 1 saturated carbocycles. The van der Waals surface area contributed by atoms with E-state index in [1.54, 1.807) is 12.1 Å². The van der Waals surface area contributed by atoms with Crippen molar-refractivity contribution in [1.29, 1.82) is 0 Å². The van der Waals surface area contributed by atoms with Crippen molar-refractivity contribution in [2.75, 3.05) is 5.75 Å². The topological polar surface area (TPSA) is 46.9 Å². The molecular weight excluding hydrogens is 373 g/mol. The van der Waals surface area contributed by atoms with Crippen LogP contribution in [0.5, 0.6) is 0 Å². The Balaban J connectivity index is 1.51. The van der Waals surface area contributed by atoms with Gasteiger partial charge in [0.15, 0.2) is 5.16 Å². The summed E-state index contributed by atoms with van der Waals surface area (Å²) in [4.78, 5) is 17.1. The van der Waals surface area contributed by atoms with Crippen LogP contribution < -0.4 is 5.32 Å². The minimum absolute atomic E-state index is 0.0430. The van der Waals surface area contributed by atoms with Crippen LogP contribution in [0.3, 0.4) is 0 Å². The Morgan fingerprint density at radius 3 is 2.68 bits per heavy atom. The zero-order chi connectivity index (χ0) is 19.3. The van der Waals surface area contributed by atoms with Crippen molar-refractivity contribution in [3.8, 4) is 0 Å². The molecule has 0 radical (unpaired) electrons. The fourth-order valence-corrected chi connectivity index (χ4v) is 4.58. The van der Waals surface area contributed by atoms with Crippen LogP contribution in [0.25, 0.3) is 11.0 Å². The summed E-state index contributed by atoms with van der Waals surface area (Å²) in [6.45, 7) is 0.389. The average Bonchev–Trinajstić information content (AvgIpc) is 3.06. The summed E-state index contributed by atoms with van der Waals surface area (Å²) in [5, 5.41) is 3.88. The monoisotopic (exact) mass is 397 g/mol. The first-order chi connectivity index (χ1) is 13.7. The van der Waals surface area contributed by atoms with Gasteiger partial charge in [0.25, 0.3) is 0 Å². The van der Waals surface area contributed by atoms with Gasteiger partial charge in [0.2, 0.25) is 5.91 Å². The quantitative estimate of drug-likeness (QED) is 0.610. The first-order valence-electron chi connectivity index (χ1n) is 9.81. The van der Waals surface area contributed by atoms with Gasteiger partial charge in [0.05, 0.1) is 23.3 Å². The van der Waals surface area contributed by atoms with Gasteiger partial charge in [-0.15, -0.1) is 0 Å². The van der Waals surface area contributed by atoms with Crippen LogP contribution in [0.2, 0.25) is 0 Å². The number of benzene rings is 2. The summed E-state index contributed by atoms with van der Waals surface area (Å²) in [5.41, 5.74) is 2.41. The average molecular weight is 398 g/mol. The van der Waals surface area contributed by atoms with Gasteiger partial charge in [-0.05, 0) is 31.0 Å². The van der Waals surface area contributed by atoms with E-state index in [1.807, 2.05) is 34.9 Å². The number of fused-ring (bicyclic) bond motifs is 1. The van der Waals surface area contributed by atoms with Crippen molar-refractivity contribution in [3.63, 3.8) is 0 Å². The van der Waals surface area contributed by atoms with Crippen molar-refractivity contribution in [2.24, 2.45) is 0 Å². The van der Waals surface area contributed by atoms with Crippen LogP contribution in [-0.2, 0) is 11.3 Å². The SMILES string of the molecule is O=C(CSc1nc2ccccc2n1Cc1ccccc1F)NC1CCCCC1. The molecule has 1 fully saturated rings. The summed E-state index contributed by atoms with van der Waals surface area (Å²) >= 11 is 1.41. The smallest absolute Gasteiger partial charge is 0.230 e. The van der Waals surface area contributed by atoms with E-state index in [0.29, 0.717) is 23.9 Å². The Morgan fingerprint density at radius 2 is 1.86 bits per heavy atom. The number of nitrogens with zero attached hydrogens (tertiary/aromatic N) is 2. The summed E-state index contributed by atoms with van der Waals surface area (Å²) in [5.74, 6) is 0.129. The van der Waals surface area contributed by atoms with Gasteiger partial charge in [0.1, 0.15) is 5.82 Å². The predicted octanol–water partition coefficient (Wildman–Crippen LogP) is 4.76. The molecule has 0 aliphatic heterocycles. The lowest BCUT2D eigenvalue weighted by Gasteiger charge is -2.22. The Morgan fingerprint density at radius 1 is 1.11 bits per heavy atom. The molecule has 1 N–H and O–H groups in total. The van der Waals surface area contributed by atoms with E-state index in [9.17, 15) is 9.18 Å². The van der Waals surface area contributed by atoms with E-state index >= 15 is 0 Å². The molecule has 6 heteroatoms. The molecule has 1 aromatic heterocycles. The highest BCUT2D eigenvalue weighted by Gasteiger charge is 2.18. The van der Waals surface area contributed by atoms with Gasteiger partial charge in [-0.25, -0.2) is 9.37 Å². The number of halogens is 1. The van der Waals surface area contributed by atoms with E-state index in [2.05, 4.69) is 10.3 Å². The van der Waals surface area contributed by atoms with Crippen molar-refractivity contribution >= 4 is 28.7 Å². The number of hydrogen-bond acceptors (Lipinski definition) is 3. The van der Waals surface area contributed by atoms with Crippen LogP contribution in [-0.4, -0.2) is 27.3 Å². The number of para-hydroxylation sites is 2. The number of rotatable bonds is 6. The van der Waals surface area contributed by atoms with Crippen LogP contribution in [0, 0.1) is 5.82 Å². The summed E-state index contributed by atoms with van der Waals surface area (Å²) in [6.07, 6.45) is 5.79. The number of carbonyl (C=O) groups excluding carboxylic acids is 1. The highest BCUT2D eigenvalue weighted by molar-refractivity contribution is 7.99. The minimum atomic E-state index is -0.230. The maximum absolute atomic E-state index is 14.2. The number of aromatic nitrogens is 2. The number of hydrogen-bond donors (Lipinski definition) is 1. The number of amides is 1. The van der Waals surface area contributed by atoms with Crippen molar-refractivity contribution in [1.82, 2.24) is 14.9 Å². The van der Waals surface area contributed by atoms with Crippen LogP contribution in [0.15, 0.2) is 53.7 Å². The second-order valence-corrected chi connectivity index (χ2v) is 8.19. The number of nitrogens with one attached hydrogen (secondary N) is 1. The molecule has 1 aliphatic rings. The lowest BCUT2D eigenvalue weighted by atomic mass is 9.95. The Labute approximate surface area is 168 Å². The predicted molar refractivity (Wildman–Crippen MR) is 111 cm³/mol. The molecule has 28 heavy (non-hydrogen) atoms. The minimum Gasteiger partial charge on any atom is -0.353 e. The lowest BCUT2D eigenvalue weighted by molar-refractivity contribution is -0.119. The fourth-order valence-electron chi connectivity index (χ4n) is 3.76. The van der Waals surface area contributed by atoms with Crippen LogP contribution in [0.1, 0.15) is 37.7 Å². The van der Waals surface area contributed by atoms with E-state index < -0.39 is 0 Å². The summed E-state index contributed by atoms with van der Waals surface area (Å²) < 4.78 is 16.2. The number of carbonyl (C=O) groups is 1. The molecule has 0 bridgehead atoms. The molecule has 1 amide bonds. The van der Waals surface area contributed by atoms with E-state index in [0.717, 1.165) is 29.0 Å². The third-order valence-corrected chi connectivity index (χ3v) is 6.18. The standard InChI is InChI=1S/C22H24FN3OS/c23-18-11-5-4-8-16(18)14-26-20-13-7-6-12-19(20)25-22(26)28-15-21(27)24-17-9-2-1-3-10-17/h4-8,11-13,17H,1-3,9-10,14-15H2,(H,24,27). The molecular formula is C22H24FN3OS. The van der Waals surface area contributed by atoms with E-state index in [-0.39, 0.29) is 11.7 Å². The van der Waals surface area contributed by atoms with Crippen LogP contribution >= 0.6 is 11.8 Å². The van der Waals surface area contributed by atoms with Crippen LogP contribution in [0.4, 0.5) is 4.39 Å². The molecule has 1 heterocycles. The molecule has 0 atom stereocenters. The van der Waals surface area contributed by atoms with E-state index in [1.165, 1.54) is 37.1 Å². The van der Waals surface area contributed by atoms with Gasteiger partial charge >= 0.3 is 0 Å². The Bertz CT molecular complexity index is 965. The second kappa shape index (κ2) is 8.78. The third-order valence-electron chi connectivity index (χ3n) is 5.21. The van der Waals surface area contributed by atoms with Gasteiger partial charge in [-0.3, -0.25) is 4.79 Å². The highest BCUT2D eigenvalue weighted by Crippen LogP contribution is 2.26. The largest absolute Gasteiger partial charge is 0.353 e. The molecule has 4 rings (SSSR count). The molecule has 3 aromatic rings. The Kier molecular flexibility index (Phi) is 5.95. The second-order valence-electron chi connectivity index (χ2n) is 7.25. The first-order valence-corrected chi connectivity index (χ1v) is 10.8. The third kappa shape index (κ3) is 4.38. The molecule has 0 unspecified atom stereocenters. The molecule has 146 valence electrons. The zero-order valence-corrected chi connectivity index (χ0v) is 16.6. The fraction of sp³-hybridized carbons (Fsp3) is 0.364. The number of thioether (sulfide) groups is 1. The molecule has 0 spiro atoms. The maximum Gasteiger partial charge on any atom is 0.230 e. The van der Waals surface area contributed by atoms with Gasteiger partial charge in [-0.1, -0.05) is 61.4 Å². The molecule has 1 aliphatic carbocycles. The number of imidazole rings is 1. The van der Waals surface area contributed by atoms with Crippen molar-refractivity contribution < 1.29 is 9.18 Å². The first kappa shape index (κ1) is 19.0. The lowest BCUT2D eigenvalue weighted by Crippen LogP contribution is -2.37. The zero-order valence-electron chi connectivity index (χ0n) is 15.7.